The lowest BCUT2D eigenvalue weighted by molar-refractivity contribution is -0.136. The van der Waals surface area contributed by atoms with Crippen LogP contribution in [0.2, 0.25) is 0 Å². The van der Waals surface area contributed by atoms with E-state index < -0.39 is 12.0 Å². The Hall–Kier alpha value is -2.54. The van der Waals surface area contributed by atoms with Crippen molar-refractivity contribution in [3.05, 3.63) is 41.1 Å². The third kappa shape index (κ3) is 4.47. The standard InChI is InChI=1S/C21H29N3O4/c1-13-8-14(2)11-24(10-13)12-17-18(20(25)28-4)19(23-21(26)22-17)15-6-5-7-16(9-15)27-3/h5-7,9,13-14,19H,8,10-12H2,1-4H3,(H2,22,23,26)/t13-,14-,19-/m0/s1. The summed E-state index contributed by atoms with van der Waals surface area (Å²) in [7, 11) is 2.94. The van der Waals surface area contributed by atoms with E-state index in [1.165, 1.54) is 13.5 Å². The van der Waals surface area contributed by atoms with Crippen LogP contribution in [0.1, 0.15) is 31.9 Å². The van der Waals surface area contributed by atoms with E-state index in [2.05, 4.69) is 29.4 Å². The van der Waals surface area contributed by atoms with Gasteiger partial charge in [-0.2, -0.15) is 0 Å². The van der Waals surface area contributed by atoms with E-state index in [0.29, 0.717) is 35.4 Å². The molecule has 0 saturated carbocycles. The fraction of sp³-hybridized carbons (Fsp3) is 0.524. The van der Waals surface area contributed by atoms with Crippen LogP contribution in [-0.4, -0.2) is 50.8 Å². The molecule has 7 heteroatoms. The van der Waals surface area contributed by atoms with Gasteiger partial charge in [-0.15, -0.1) is 0 Å². The average Bonchev–Trinajstić information content (AvgIpc) is 2.66. The van der Waals surface area contributed by atoms with Crippen molar-refractivity contribution < 1.29 is 19.1 Å². The van der Waals surface area contributed by atoms with Crippen molar-refractivity contribution in [2.45, 2.75) is 26.3 Å². The Morgan fingerprint density at radius 3 is 2.57 bits per heavy atom. The maximum Gasteiger partial charge on any atom is 0.338 e. The van der Waals surface area contributed by atoms with Crippen LogP contribution in [0, 0.1) is 11.8 Å². The van der Waals surface area contributed by atoms with Crippen LogP contribution in [0.5, 0.6) is 5.75 Å². The van der Waals surface area contributed by atoms with E-state index in [0.717, 1.165) is 18.7 Å². The lowest BCUT2D eigenvalue weighted by Crippen LogP contribution is -2.50. The first-order valence-electron chi connectivity index (χ1n) is 9.66. The number of methoxy groups -OCH3 is 2. The van der Waals surface area contributed by atoms with Gasteiger partial charge in [0.25, 0.3) is 0 Å². The molecule has 1 aromatic rings. The second kappa shape index (κ2) is 8.65. The van der Waals surface area contributed by atoms with Crippen molar-refractivity contribution in [1.82, 2.24) is 15.5 Å². The summed E-state index contributed by atoms with van der Waals surface area (Å²) in [5.41, 5.74) is 1.80. The minimum atomic E-state index is -0.592. The van der Waals surface area contributed by atoms with Crippen molar-refractivity contribution >= 4 is 12.0 Å². The summed E-state index contributed by atoms with van der Waals surface area (Å²) in [5.74, 6) is 1.37. The maximum atomic E-state index is 12.7. The van der Waals surface area contributed by atoms with Crippen molar-refractivity contribution in [3.8, 4) is 5.75 Å². The van der Waals surface area contributed by atoms with Gasteiger partial charge < -0.3 is 20.1 Å². The molecule has 0 aliphatic carbocycles. The van der Waals surface area contributed by atoms with Gasteiger partial charge in [0, 0.05) is 25.3 Å². The first-order valence-corrected chi connectivity index (χ1v) is 9.66. The molecule has 2 aliphatic rings. The summed E-state index contributed by atoms with van der Waals surface area (Å²) in [5, 5.41) is 5.69. The summed E-state index contributed by atoms with van der Waals surface area (Å²) in [6.45, 7) is 6.86. The Kier molecular flexibility index (Phi) is 6.24. The highest BCUT2D eigenvalue weighted by molar-refractivity contribution is 5.95. The van der Waals surface area contributed by atoms with E-state index >= 15 is 0 Å². The van der Waals surface area contributed by atoms with Gasteiger partial charge >= 0.3 is 12.0 Å². The fourth-order valence-corrected chi connectivity index (χ4v) is 4.31. The number of esters is 1. The molecule has 2 aliphatic heterocycles. The number of hydrogen-bond acceptors (Lipinski definition) is 5. The molecule has 152 valence electrons. The number of likely N-dealkylation sites (tertiary alicyclic amines) is 1. The van der Waals surface area contributed by atoms with Gasteiger partial charge in [0.05, 0.1) is 25.8 Å². The minimum absolute atomic E-state index is 0.325. The Labute approximate surface area is 166 Å². The lowest BCUT2D eigenvalue weighted by Gasteiger charge is -2.37. The van der Waals surface area contributed by atoms with Gasteiger partial charge in [-0.05, 0) is 36.0 Å². The molecule has 0 aromatic heterocycles. The van der Waals surface area contributed by atoms with Gasteiger partial charge in [-0.1, -0.05) is 26.0 Å². The fourth-order valence-electron chi connectivity index (χ4n) is 4.31. The van der Waals surface area contributed by atoms with Gasteiger partial charge in [0.15, 0.2) is 0 Å². The second-order valence-electron chi connectivity index (χ2n) is 7.83. The van der Waals surface area contributed by atoms with E-state index in [9.17, 15) is 9.59 Å². The van der Waals surface area contributed by atoms with Crippen molar-refractivity contribution in [1.29, 1.82) is 0 Å². The highest BCUT2D eigenvalue weighted by Crippen LogP contribution is 2.31. The smallest absolute Gasteiger partial charge is 0.338 e. The SMILES string of the molecule is COC(=O)C1=C(CN2C[C@@H](C)C[C@H](C)C2)NC(=O)N[C@H]1c1cccc(OC)c1. The number of carbonyl (C=O) groups excluding carboxylic acids is 2. The first-order chi connectivity index (χ1) is 13.4. The number of hydrogen-bond donors (Lipinski definition) is 2. The van der Waals surface area contributed by atoms with E-state index in [4.69, 9.17) is 9.47 Å². The van der Waals surface area contributed by atoms with Crippen LogP contribution in [0.15, 0.2) is 35.5 Å². The molecular weight excluding hydrogens is 358 g/mol. The summed E-state index contributed by atoms with van der Waals surface area (Å²) < 4.78 is 10.4. The molecule has 28 heavy (non-hydrogen) atoms. The predicted octanol–water partition coefficient (Wildman–Crippen LogP) is 2.45. The van der Waals surface area contributed by atoms with Crippen LogP contribution in [0.3, 0.4) is 0 Å². The number of piperidine rings is 1. The minimum Gasteiger partial charge on any atom is -0.497 e. The van der Waals surface area contributed by atoms with Gasteiger partial charge in [0.2, 0.25) is 0 Å². The number of benzene rings is 1. The molecule has 2 N–H and O–H groups in total. The first kappa shape index (κ1) is 20.2. The molecule has 0 bridgehead atoms. The zero-order valence-electron chi connectivity index (χ0n) is 17.0. The largest absolute Gasteiger partial charge is 0.497 e. The predicted molar refractivity (Wildman–Crippen MR) is 106 cm³/mol. The molecule has 0 spiro atoms. The van der Waals surface area contributed by atoms with Gasteiger partial charge in [-0.3, -0.25) is 4.90 Å². The number of amides is 2. The quantitative estimate of drug-likeness (QED) is 0.759. The molecule has 7 nitrogen and oxygen atoms in total. The number of ether oxygens (including phenoxy) is 2. The molecule has 1 aromatic carbocycles. The van der Waals surface area contributed by atoms with Crippen LogP contribution in [-0.2, 0) is 9.53 Å². The Balaban J connectivity index is 1.97. The number of nitrogens with one attached hydrogen (secondary N) is 2. The molecule has 0 radical (unpaired) electrons. The third-order valence-electron chi connectivity index (χ3n) is 5.31. The zero-order chi connectivity index (χ0) is 20.3. The van der Waals surface area contributed by atoms with E-state index in [-0.39, 0.29) is 6.03 Å². The van der Waals surface area contributed by atoms with Crippen LogP contribution in [0.4, 0.5) is 4.79 Å². The molecule has 2 amide bonds. The Bertz CT molecular complexity index is 767. The molecule has 3 atom stereocenters. The topological polar surface area (TPSA) is 79.9 Å². The lowest BCUT2D eigenvalue weighted by atomic mass is 9.91. The summed E-state index contributed by atoms with van der Waals surface area (Å²) >= 11 is 0. The summed E-state index contributed by atoms with van der Waals surface area (Å²) in [4.78, 5) is 27.3. The molecular formula is C21H29N3O4. The molecule has 1 fully saturated rings. The highest BCUT2D eigenvalue weighted by atomic mass is 16.5. The van der Waals surface area contributed by atoms with E-state index in [1.807, 2.05) is 24.3 Å². The Morgan fingerprint density at radius 1 is 1.21 bits per heavy atom. The molecule has 0 unspecified atom stereocenters. The highest BCUT2D eigenvalue weighted by Gasteiger charge is 2.35. The van der Waals surface area contributed by atoms with E-state index in [1.54, 1.807) is 7.11 Å². The van der Waals surface area contributed by atoms with Crippen molar-refractivity contribution in [2.75, 3.05) is 33.9 Å². The average molecular weight is 387 g/mol. The third-order valence-corrected chi connectivity index (χ3v) is 5.31. The number of urea groups is 1. The second-order valence-corrected chi connectivity index (χ2v) is 7.83. The van der Waals surface area contributed by atoms with Gasteiger partial charge in [-0.25, -0.2) is 9.59 Å². The molecule has 2 heterocycles. The number of nitrogens with zero attached hydrogens (tertiary/aromatic N) is 1. The van der Waals surface area contributed by atoms with Crippen molar-refractivity contribution in [3.63, 3.8) is 0 Å². The monoisotopic (exact) mass is 387 g/mol. The summed E-state index contributed by atoms with van der Waals surface area (Å²) in [6, 6.07) is 6.43. The normalized spacial score (nSPS) is 25.7. The molecule has 3 rings (SSSR count). The van der Waals surface area contributed by atoms with Crippen LogP contribution < -0.4 is 15.4 Å². The number of carbonyl (C=O) groups is 2. The van der Waals surface area contributed by atoms with Crippen LogP contribution in [0.25, 0.3) is 0 Å². The Morgan fingerprint density at radius 2 is 1.93 bits per heavy atom. The van der Waals surface area contributed by atoms with Crippen LogP contribution >= 0.6 is 0 Å². The zero-order valence-corrected chi connectivity index (χ0v) is 17.0. The van der Waals surface area contributed by atoms with Gasteiger partial charge in [0.1, 0.15) is 5.75 Å². The number of rotatable bonds is 5. The molecule has 1 saturated heterocycles. The maximum absolute atomic E-state index is 12.7. The van der Waals surface area contributed by atoms with Crippen molar-refractivity contribution in [2.24, 2.45) is 11.8 Å². The summed E-state index contributed by atoms with van der Waals surface area (Å²) in [6.07, 6.45) is 1.19.